The highest BCUT2D eigenvalue weighted by atomic mass is 15.3. The van der Waals surface area contributed by atoms with Crippen LogP contribution in [-0.4, -0.2) is 35.6 Å². The lowest BCUT2D eigenvalue weighted by Gasteiger charge is -2.52. The molecule has 1 aliphatic carbocycles. The van der Waals surface area contributed by atoms with Crippen molar-refractivity contribution in [2.24, 2.45) is 5.41 Å². The van der Waals surface area contributed by atoms with E-state index in [9.17, 15) is 0 Å². The summed E-state index contributed by atoms with van der Waals surface area (Å²) >= 11 is 0. The summed E-state index contributed by atoms with van der Waals surface area (Å²) in [7, 11) is 0. The molecular formula is C17H34N2. The summed E-state index contributed by atoms with van der Waals surface area (Å²) in [6.07, 6.45) is 8.02. The third-order valence-electron chi connectivity index (χ3n) is 6.09. The number of hydrogen-bond acceptors (Lipinski definition) is 2. The lowest BCUT2D eigenvalue weighted by atomic mass is 9.81. The van der Waals surface area contributed by atoms with Gasteiger partial charge in [0, 0.05) is 30.7 Å². The Morgan fingerprint density at radius 3 is 2.32 bits per heavy atom. The van der Waals surface area contributed by atoms with E-state index >= 15 is 0 Å². The number of piperazine rings is 1. The SMILES string of the molecule is CCC1CNC(CC)(CC)CN1C1CCCC1(C)C. The molecule has 2 unspecified atom stereocenters. The van der Waals surface area contributed by atoms with E-state index in [-0.39, 0.29) is 0 Å². The Labute approximate surface area is 120 Å². The van der Waals surface area contributed by atoms with E-state index in [0.29, 0.717) is 11.0 Å². The van der Waals surface area contributed by atoms with Crippen molar-refractivity contribution in [2.45, 2.75) is 90.8 Å². The van der Waals surface area contributed by atoms with Crippen molar-refractivity contribution in [3.05, 3.63) is 0 Å². The second-order valence-corrected chi connectivity index (χ2v) is 7.50. The molecule has 2 heteroatoms. The predicted molar refractivity (Wildman–Crippen MR) is 83.5 cm³/mol. The first kappa shape index (κ1) is 15.3. The molecule has 112 valence electrons. The van der Waals surface area contributed by atoms with Gasteiger partial charge in [0.2, 0.25) is 0 Å². The molecule has 0 amide bonds. The van der Waals surface area contributed by atoms with Crippen LogP contribution in [0.3, 0.4) is 0 Å². The van der Waals surface area contributed by atoms with Crippen LogP contribution in [0.25, 0.3) is 0 Å². The highest BCUT2D eigenvalue weighted by molar-refractivity contribution is 5.02. The fraction of sp³-hybridized carbons (Fsp3) is 1.00. The Balaban J connectivity index is 2.18. The molecule has 0 radical (unpaired) electrons. The average Bonchev–Trinajstić information content (AvgIpc) is 2.77. The molecule has 1 saturated carbocycles. The fourth-order valence-electron chi connectivity index (χ4n) is 4.38. The Morgan fingerprint density at radius 1 is 1.16 bits per heavy atom. The summed E-state index contributed by atoms with van der Waals surface area (Å²) in [6.45, 7) is 14.5. The molecule has 1 heterocycles. The number of nitrogens with one attached hydrogen (secondary N) is 1. The van der Waals surface area contributed by atoms with Gasteiger partial charge < -0.3 is 5.32 Å². The molecule has 2 nitrogen and oxygen atoms in total. The van der Waals surface area contributed by atoms with Gasteiger partial charge in [-0.25, -0.2) is 0 Å². The van der Waals surface area contributed by atoms with Gasteiger partial charge in [-0.15, -0.1) is 0 Å². The van der Waals surface area contributed by atoms with E-state index in [0.717, 1.165) is 12.1 Å². The maximum atomic E-state index is 3.87. The van der Waals surface area contributed by atoms with E-state index in [2.05, 4.69) is 44.8 Å². The van der Waals surface area contributed by atoms with Crippen LogP contribution in [-0.2, 0) is 0 Å². The van der Waals surface area contributed by atoms with Crippen LogP contribution in [0.15, 0.2) is 0 Å². The molecule has 0 bridgehead atoms. The first-order valence-corrected chi connectivity index (χ1v) is 8.49. The normalized spacial score (nSPS) is 34.6. The molecule has 2 atom stereocenters. The van der Waals surface area contributed by atoms with Gasteiger partial charge in [-0.3, -0.25) is 4.90 Å². The van der Waals surface area contributed by atoms with Crippen molar-refractivity contribution >= 4 is 0 Å². The Bertz CT molecular complexity index is 294. The molecule has 1 N–H and O–H groups in total. The number of nitrogens with zero attached hydrogens (tertiary/aromatic N) is 1. The first-order chi connectivity index (χ1) is 8.98. The van der Waals surface area contributed by atoms with Crippen LogP contribution >= 0.6 is 0 Å². The monoisotopic (exact) mass is 266 g/mol. The quantitative estimate of drug-likeness (QED) is 0.832. The van der Waals surface area contributed by atoms with E-state index in [1.807, 2.05) is 0 Å². The minimum absolute atomic E-state index is 0.365. The molecule has 0 aromatic carbocycles. The summed E-state index contributed by atoms with van der Waals surface area (Å²) in [5.74, 6) is 0. The molecular weight excluding hydrogens is 232 g/mol. The van der Waals surface area contributed by atoms with Gasteiger partial charge in [0.25, 0.3) is 0 Å². The molecule has 0 aromatic heterocycles. The topological polar surface area (TPSA) is 15.3 Å². The van der Waals surface area contributed by atoms with Crippen LogP contribution < -0.4 is 5.32 Å². The van der Waals surface area contributed by atoms with Crippen LogP contribution in [0, 0.1) is 5.41 Å². The molecule has 1 aliphatic heterocycles. The van der Waals surface area contributed by atoms with Crippen molar-refractivity contribution in [3.8, 4) is 0 Å². The highest BCUT2D eigenvalue weighted by Crippen LogP contribution is 2.43. The molecule has 2 aliphatic rings. The molecule has 1 saturated heterocycles. The third-order valence-corrected chi connectivity index (χ3v) is 6.09. The van der Waals surface area contributed by atoms with Gasteiger partial charge in [-0.2, -0.15) is 0 Å². The standard InChI is InChI=1S/C17H34N2/c1-6-14-12-18-17(7-2,8-3)13-19(14)15-10-9-11-16(15,4)5/h14-15,18H,6-13H2,1-5H3. The highest BCUT2D eigenvalue weighted by Gasteiger charge is 2.45. The van der Waals surface area contributed by atoms with Gasteiger partial charge in [-0.1, -0.05) is 41.0 Å². The average molecular weight is 266 g/mol. The largest absolute Gasteiger partial charge is 0.308 e. The second-order valence-electron chi connectivity index (χ2n) is 7.50. The van der Waals surface area contributed by atoms with Crippen molar-refractivity contribution < 1.29 is 0 Å². The molecule has 0 spiro atoms. The molecule has 2 rings (SSSR count). The Hall–Kier alpha value is -0.0800. The minimum atomic E-state index is 0.365. The van der Waals surface area contributed by atoms with Crippen LogP contribution in [0.5, 0.6) is 0 Å². The van der Waals surface area contributed by atoms with Crippen molar-refractivity contribution in [2.75, 3.05) is 13.1 Å². The fourth-order valence-corrected chi connectivity index (χ4v) is 4.38. The van der Waals surface area contributed by atoms with E-state index in [1.165, 1.54) is 51.6 Å². The Kier molecular flexibility index (Phi) is 4.62. The van der Waals surface area contributed by atoms with Gasteiger partial charge in [0.15, 0.2) is 0 Å². The van der Waals surface area contributed by atoms with Crippen molar-refractivity contribution in [1.82, 2.24) is 10.2 Å². The lowest BCUT2D eigenvalue weighted by molar-refractivity contribution is 0.00171. The zero-order valence-electron chi connectivity index (χ0n) is 13.8. The molecule has 19 heavy (non-hydrogen) atoms. The second kappa shape index (κ2) is 5.73. The van der Waals surface area contributed by atoms with Crippen LogP contribution in [0.2, 0.25) is 0 Å². The van der Waals surface area contributed by atoms with Crippen LogP contribution in [0.4, 0.5) is 0 Å². The maximum Gasteiger partial charge on any atom is 0.0304 e. The smallest absolute Gasteiger partial charge is 0.0304 e. The summed E-state index contributed by atoms with van der Waals surface area (Å²) in [6, 6.07) is 1.55. The van der Waals surface area contributed by atoms with E-state index in [1.54, 1.807) is 0 Å². The molecule has 2 fully saturated rings. The van der Waals surface area contributed by atoms with Crippen molar-refractivity contribution in [3.63, 3.8) is 0 Å². The zero-order chi connectivity index (χ0) is 14.1. The maximum absolute atomic E-state index is 3.87. The zero-order valence-corrected chi connectivity index (χ0v) is 13.8. The summed E-state index contributed by atoms with van der Waals surface area (Å²) < 4.78 is 0. The van der Waals surface area contributed by atoms with Crippen LogP contribution in [0.1, 0.15) is 73.1 Å². The predicted octanol–water partition coefficient (Wildman–Crippen LogP) is 3.81. The number of rotatable bonds is 4. The van der Waals surface area contributed by atoms with Gasteiger partial charge in [-0.05, 0) is 37.5 Å². The lowest BCUT2D eigenvalue weighted by Crippen LogP contribution is -2.66. The van der Waals surface area contributed by atoms with Gasteiger partial charge in [0.1, 0.15) is 0 Å². The van der Waals surface area contributed by atoms with Gasteiger partial charge >= 0.3 is 0 Å². The summed E-state index contributed by atoms with van der Waals surface area (Å²) in [5.41, 5.74) is 0.877. The molecule has 0 aromatic rings. The summed E-state index contributed by atoms with van der Waals surface area (Å²) in [5, 5.41) is 3.87. The first-order valence-electron chi connectivity index (χ1n) is 8.49. The van der Waals surface area contributed by atoms with E-state index in [4.69, 9.17) is 0 Å². The summed E-state index contributed by atoms with van der Waals surface area (Å²) in [4.78, 5) is 2.89. The third kappa shape index (κ3) is 2.85. The Morgan fingerprint density at radius 2 is 1.84 bits per heavy atom. The minimum Gasteiger partial charge on any atom is -0.308 e. The number of hydrogen-bond donors (Lipinski definition) is 1. The van der Waals surface area contributed by atoms with Gasteiger partial charge in [0.05, 0.1) is 0 Å². The van der Waals surface area contributed by atoms with E-state index < -0.39 is 0 Å². The van der Waals surface area contributed by atoms with Crippen molar-refractivity contribution in [1.29, 1.82) is 0 Å².